The molecule has 0 saturated heterocycles. The van der Waals surface area contributed by atoms with Gasteiger partial charge in [-0.1, -0.05) is 6.92 Å². The van der Waals surface area contributed by atoms with E-state index in [0.717, 1.165) is 48.3 Å². The molecule has 2 aromatic heterocycles. The van der Waals surface area contributed by atoms with Crippen LogP contribution in [0.4, 0.5) is 5.95 Å². The maximum atomic E-state index is 11.3. The van der Waals surface area contributed by atoms with Crippen LogP contribution in [0.2, 0.25) is 0 Å². The Labute approximate surface area is 142 Å². The van der Waals surface area contributed by atoms with Crippen LogP contribution in [0.1, 0.15) is 29.2 Å². The summed E-state index contributed by atoms with van der Waals surface area (Å²) in [6.45, 7) is 3.83. The molecular weight excluding hydrogens is 326 g/mol. The van der Waals surface area contributed by atoms with E-state index in [1.54, 1.807) is 6.20 Å². The lowest BCUT2D eigenvalue weighted by molar-refractivity contribution is 0.586. The summed E-state index contributed by atoms with van der Waals surface area (Å²) in [5.41, 5.74) is 4.31. The first-order valence-corrected chi connectivity index (χ1v) is 9.80. The van der Waals surface area contributed by atoms with Gasteiger partial charge in [0, 0.05) is 44.4 Å². The van der Waals surface area contributed by atoms with Crippen LogP contribution in [-0.2, 0) is 36.0 Å². The van der Waals surface area contributed by atoms with Crippen LogP contribution in [0.15, 0.2) is 24.8 Å². The molecule has 0 bridgehead atoms. The largest absolute Gasteiger partial charge is 0.336 e. The van der Waals surface area contributed by atoms with E-state index in [9.17, 15) is 8.42 Å². The monoisotopic (exact) mass is 347 g/mol. The van der Waals surface area contributed by atoms with Crippen LogP contribution in [0.3, 0.4) is 0 Å². The molecule has 1 aliphatic heterocycles. The Morgan fingerprint density at radius 3 is 2.62 bits per heavy atom. The first-order valence-electron chi connectivity index (χ1n) is 7.91. The lowest BCUT2D eigenvalue weighted by atomic mass is 9.97. The molecule has 0 unspecified atom stereocenters. The van der Waals surface area contributed by atoms with Crippen molar-refractivity contribution in [3.8, 4) is 0 Å². The number of nitrogens with one attached hydrogen (secondary N) is 1. The zero-order chi connectivity index (χ0) is 17.2. The zero-order valence-corrected chi connectivity index (χ0v) is 14.7. The van der Waals surface area contributed by atoms with Gasteiger partial charge >= 0.3 is 0 Å². The fourth-order valence-electron chi connectivity index (χ4n) is 2.79. The first kappa shape index (κ1) is 16.8. The van der Waals surface area contributed by atoms with E-state index < -0.39 is 10.0 Å². The smallest absolute Gasteiger partial charge is 0.225 e. The highest BCUT2D eigenvalue weighted by Crippen LogP contribution is 2.24. The van der Waals surface area contributed by atoms with Crippen LogP contribution in [0, 0.1) is 0 Å². The summed E-state index contributed by atoms with van der Waals surface area (Å²) < 4.78 is 25.1. The zero-order valence-electron chi connectivity index (χ0n) is 13.9. The number of rotatable bonds is 5. The average molecular weight is 347 g/mol. The normalized spacial score (nSPS) is 14.5. The van der Waals surface area contributed by atoms with Crippen molar-refractivity contribution in [2.45, 2.75) is 32.9 Å². The molecule has 8 heteroatoms. The maximum Gasteiger partial charge on any atom is 0.225 e. The molecule has 3 heterocycles. The number of nitrogens with zero attached hydrogens (tertiary/aromatic N) is 4. The summed E-state index contributed by atoms with van der Waals surface area (Å²) in [7, 11) is -3.22. The quantitative estimate of drug-likeness (QED) is 0.870. The van der Waals surface area contributed by atoms with Crippen molar-refractivity contribution in [1.82, 2.24) is 19.7 Å². The van der Waals surface area contributed by atoms with Gasteiger partial charge in [0.15, 0.2) is 0 Å². The van der Waals surface area contributed by atoms with Gasteiger partial charge in [0.05, 0.1) is 6.26 Å². The summed E-state index contributed by atoms with van der Waals surface area (Å²) >= 11 is 0. The summed E-state index contributed by atoms with van der Waals surface area (Å²) in [6.07, 6.45) is 10.2. The second-order valence-corrected chi connectivity index (χ2v) is 7.78. The third-order valence-corrected chi connectivity index (χ3v) is 4.81. The lowest BCUT2D eigenvalue weighted by Gasteiger charge is -2.29. The van der Waals surface area contributed by atoms with Gasteiger partial charge in [-0.15, -0.1) is 0 Å². The number of hydrogen-bond donors (Lipinski definition) is 1. The van der Waals surface area contributed by atoms with Gasteiger partial charge in [-0.05, 0) is 35.1 Å². The molecule has 24 heavy (non-hydrogen) atoms. The van der Waals surface area contributed by atoms with Crippen LogP contribution >= 0.6 is 0 Å². The van der Waals surface area contributed by atoms with E-state index in [2.05, 4.69) is 31.5 Å². The molecule has 0 atom stereocenters. The standard InChI is InChI=1S/C16H21N5O2S/c1-3-12-6-18-16(19-7-12)21-5-4-15-13(10-20-24(2,22)23)8-17-9-14(15)11-21/h6-9,20H,3-5,10-11H2,1-2H3. The van der Waals surface area contributed by atoms with Crippen LogP contribution in [-0.4, -0.2) is 36.2 Å². The van der Waals surface area contributed by atoms with Crippen molar-refractivity contribution in [3.63, 3.8) is 0 Å². The number of aryl methyl sites for hydroxylation is 1. The minimum Gasteiger partial charge on any atom is -0.336 e. The Balaban J connectivity index is 1.78. The highest BCUT2D eigenvalue weighted by atomic mass is 32.2. The summed E-state index contributed by atoms with van der Waals surface area (Å²) in [6, 6.07) is 0. The van der Waals surface area contributed by atoms with Gasteiger partial charge in [-0.3, -0.25) is 4.98 Å². The minimum atomic E-state index is -3.22. The van der Waals surface area contributed by atoms with Crippen LogP contribution in [0.25, 0.3) is 0 Å². The number of pyridine rings is 1. The Bertz CT molecular complexity index is 821. The second kappa shape index (κ2) is 6.82. The van der Waals surface area contributed by atoms with Crippen molar-refractivity contribution in [1.29, 1.82) is 0 Å². The van der Waals surface area contributed by atoms with Gasteiger partial charge in [-0.25, -0.2) is 23.1 Å². The minimum absolute atomic E-state index is 0.275. The number of sulfonamides is 1. The highest BCUT2D eigenvalue weighted by Gasteiger charge is 2.21. The van der Waals surface area contributed by atoms with Crippen LogP contribution in [0.5, 0.6) is 0 Å². The third kappa shape index (κ3) is 3.88. The van der Waals surface area contributed by atoms with Gasteiger partial charge in [-0.2, -0.15) is 0 Å². The Morgan fingerprint density at radius 2 is 1.96 bits per heavy atom. The average Bonchev–Trinajstić information content (AvgIpc) is 2.59. The summed E-state index contributed by atoms with van der Waals surface area (Å²) in [5.74, 6) is 0.720. The fourth-order valence-corrected chi connectivity index (χ4v) is 3.21. The van der Waals surface area contributed by atoms with Gasteiger partial charge in [0.25, 0.3) is 0 Å². The molecule has 1 N–H and O–H groups in total. The predicted molar refractivity (Wildman–Crippen MR) is 92.1 cm³/mol. The van der Waals surface area contributed by atoms with E-state index in [1.165, 1.54) is 5.56 Å². The van der Waals surface area contributed by atoms with E-state index in [-0.39, 0.29) is 6.54 Å². The van der Waals surface area contributed by atoms with Gasteiger partial charge < -0.3 is 4.90 Å². The van der Waals surface area contributed by atoms with Crippen molar-refractivity contribution in [2.75, 3.05) is 17.7 Å². The predicted octanol–water partition coefficient (Wildman–Crippen LogP) is 1.05. The molecule has 0 spiro atoms. The Morgan fingerprint density at radius 1 is 1.21 bits per heavy atom. The van der Waals surface area contributed by atoms with E-state index >= 15 is 0 Å². The molecule has 3 rings (SSSR count). The molecule has 0 aliphatic carbocycles. The van der Waals surface area contributed by atoms with Crippen molar-refractivity contribution >= 4 is 16.0 Å². The van der Waals surface area contributed by atoms with E-state index in [1.807, 2.05) is 18.6 Å². The SMILES string of the molecule is CCc1cnc(N2CCc3c(CNS(C)(=O)=O)cncc3C2)nc1. The van der Waals surface area contributed by atoms with E-state index in [4.69, 9.17) is 0 Å². The number of fused-ring (bicyclic) bond motifs is 1. The molecule has 0 aromatic carbocycles. The second-order valence-electron chi connectivity index (χ2n) is 5.95. The maximum absolute atomic E-state index is 11.3. The van der Waals surface area contributed by atoms with Gasteiger partial charge in [0.1, 0.15) is 0 Å². The molecule has 0 fully saturated rings. The Hall–Kier alpha value is -2.06. The molecule has 0 radical (unpaired) electrons. The van der Waals surface area contributed by atoms with Gasteiger partial charge in [0.2, 0.25) is 16.0 Å². The van der Waals surface area contributed by atoms with Crippen molar-refractivity contribution in [3.05, 3.63) is 47.0 Å². The molecule has 0 saturated carbocycles. The fraction of sp³-hybridized carbons (Fsp3) is 0.438. The molecular formula is C16H21N5O2S. The first-order chi connectivity index (χ1) is 11.5. The topological polar surface area (TPSA) is 88.1 Å². The molecule has 128 valence electrons. The number of anilines is 1. The lowest BCUT2D eigenvalue weighted by Crippen LogP contribution is -2.33. The molecule has 1 aliphatic rings. The number of aromatic nitrogens is 3. The van der Waals surface area contributed by atoms with E-state index in [0.29, 0.717) is 6.54 Å². The number of hydrogen-bond acceptors (Lipinski definition) is 6. The molecule has 2 aromatic rings. The van der Waals surface area contributed by atoms with Crippen molar-refractivity contribution in [2.24, 2.45) is 0 Å². The summed E-state index contributed by atoms with van der Waals surface area (Å²) in [5, 5.41) is 0. The van der Waals surface area contributed by atoms with Crippen molar-refractivity contribution < 1.29 is 8.42 Å². The molecule has 7 nitrogen and oxygen atoms in total. The highest BCUT2D eigenvalue weighted by molar-refractivity contribution is 7.88. The third-order valence-electron chi connectivity index (χ3n) is 4.14. The van der Waals surface area contributed by atoms with Crippen LogP contribution < -0.4 is 9.62 Å². The Kier molecular flexibility index (Phi) is 4.77. The summed E-state index contributed by atoms with van der Waals surface area (Å²) in [4.78, 5) is 15.3. The molecule has 0 amide bonds.